The molecular weight excluding hydrogens is 607 g/mol. The minimum absolute atomic E-state index is 0.107. The molecule has 0 radical (unpaired) electrons. The highest BCUT2D eigenvalue weighted by atomic mass is 35.5. The Labute approximate surface area is 263 Å². The second-order valence-corrected chi connectivity index (χ2v) is 11.9. The van der Waals surface area contributed by atoms with Gasteiger partial charge < -0.3 is 14.2 Å². The molecule has 222 valence electrons. The SMILES string of the molecule is CCOC(=O)C1=C(C)N=c2s/c(=C/c3ccc(OCc4ccc(Cl)c(Cl)c4)cc3)c(=O)n2[C@H]1c1ccccc1OC(C)C. The van der Waals surface area contributed by atoms with Crippen molar-refractivity contribution in [2.45, 2.75) is 46.4 Å². The summed E-state index contributed by atoms with van der Waals surface area (Å²) in [5.41, 5.74) is 2.94. The Kier molecular flexibility index (Phi) is 9.40. The maximum Gasteiger partial charge on any atom is 0.338 e. The van der Waals surface area contributed by atoms with Crippen LogP contribution in [0.2, 0.25) is 10.0 Å². The van der Waals surface area contributed by atoms with E-state index in [4.69, 9.17) is 37.4 Å². The van der Waals surface area contributed by atoms with Crippen LogP contribution in [0.3, 0.4) is 0 Å². The molecule has 0 saturated carbocycles. The number of halogens is 2. The number of aromatic nitrogens is 1. The van der Waals surface area contributed by atoms with Crippen molar-refractivity contribution >= 4 is 46.6 Å². The number of hydrogen-bond acceptors (Lipinski definition) is 7. The van der Waals surface area contributed by atoms with Crippen molar-refractivity contribution in [1.29, 1.82) is 0 Å². The average Bonchev–Trinajstić information content (AvgIpc) is 3.27. The molecule has 1 aromatic heterocycles. The third-order valence-corrected chi connectivity index (χ3v) is 8.38. The largest absolute Gasteiger partial charge is 0.491 e. The number of thiazole rings is 1. The van der Waals surface area contributed by atoms with Crippen LogP contribution in [-0.4, -0.2) is 23.2 Å². The summed E-state index contributed by atoms with van der Waals surface area (Å²) in [5.74, 6) is 0.741. The molecule has 3 aromatic carbocycles. The number of ether oxygens (including phenoxy) is 3. The van der Waals surface area contributed by atoms with Gasteiger partial charge in [-0.15, -0.1) is 0 Å². The fourth-order valence-electron chi connectivity index (χ4n) is 4.76. The molecule has 7 nitrogen and oxygen atoms in total. The summed E-state index contributed by atoms with van der Waals surface area (Å²) in [6.07, 6.45) is 1.70. The third kappa shape index (κ3) is 6.72. The van der Waals surface area contributed by atoms with Gasteiger partial charge in [-0.3, -0.25) is 9.36 Å². The summed E-state index contributed by atoms with van der Waals surface area (Å²) < 4.78 is 19.4. The van der Waals surface area contributed by atoms with Crippen molar-refractivity contribution in [3.8, 4) is 11.5 Å². The van der Waals surface area contributed by atoms with Gasteiger partial charge in [0.15, 0.2) is 4.80 Å². The lowest BCUT2D eigenvalue weighted by Crippen LogP contribution is -2.40. The van der Waals surface area contributed by atoms with Crippen molar-refractivity contribution < 1.29 is 19.0 Å². The van der Waals surface area contributed by atoms with E-state index in [9.17, 15) is 9.59 Å². The van der Waals surface area contributed by atoms with Crippen LogP contribution in [0.1, 0.15) is 50.4 Å². The van der Waals surface area contributed by atoms with Gasteiger partial charge in [0.25, 0.3) is 5.56 Å². The summed E-state index contributed by atoms with van der Waals surface area (Å²) in [5, 5.41) is 0.967. The van der Waals surface area contributed by atoms with Gasteiger partial charge >= 0.3 is 5.97 Å². The molecule has 0 aliphatic carbocycles. The quantitative estimate of drug-likeness (QED) is 0.197. The topological polar surface area (TPSA) is 79.1 Å². The molecule has 2 heterocycles. The molecule has 1 aliphatic rings. The van der Waals surface area contributed by atoms with Gasteiger partial charge in [0, 0.05) is 5.56 Å². The lowest BCUT2D eigenvalue weighted by molar-refractivity contribution is -0.139. The van der Waals surface area contributed by atoms with Gasteiger partial charge in [-0.1, -0.05) is 70.9 Å². The monoisotopic (exact) mass is 636 g/mol. The number of fused-ring (bicyclic) bond motifs is 1. The summed E-state index contributed by atoms with van der Waals surface area (Å²) in [6.45, 7) is 7.90. The van der Waals surface area contributed by atoms with Crippen LogP contribution in [0.4, 0.5) is 0 Å². The standard InChI is InChI=1S/C33H30Cl2N2O5S/c1-5-40-32(39)29-20(4)36-33-37(30(29)24-8-6-7-9-27(24)42-19(2)3)31(38)28(43-33)17-21-10-13-23(14-11-21)41-18-22-12-15-25(34)26(35)16-22/h6-17,19,30H,5,18H2,1-4H3/b28-17+/t30-/m0/s1. The number of carbonyl (C=O) groups excluding carboxylic acids is 1. The number of allylic oxidation sites excluding steroid dienone is 1. The Morgan fingerprint density at radius 1 is 1.07 bits per heavy atom. The average molecular weight is 638 g/mol. The summed E-state index contributed by atoms with van der Waals surface area (Å²) in [4.78, 5) is 32.3. The molecule has 0 amide bonds. The van der Waals surface area contributed by atoms with Crippen LogP contribution in [0, 0.1) is 0 Å². The first-order valence-electron chi connectivity index (χ1n) is 13.8. The number of para-hydroxylation sites is 1. The van der Waals surface area contributed by atoms with Gasteiger partial charge in [0.05, 0.1) is 38.6 Å². The van der Waals surface area contributed by atoms with Gasteiger partial charge in [-0.25, -0.2) is 9.79 Å². The van der Waals surface area contributed by atoms with E-state index in [1.165, 1.54) is 11.3 Å². The molecule has 43 heavy (non-hydrogen) atoms. The zero-order valence-corrected chi connectivity index (χ0v) is 26.4. The Morgan fingerprint density at radius 2 is 1.81 bits per heavy atom. The predicted octanol–water partition coefficient (Wildman–Crippen LogP) is 6.47. The number of esters is 1. The van der Waals surface area contributed by atoms with Crippen LogP contribution in [0.25, 0.3) is 6.08 Å². The van der Waals surface area contributed by atoms with E-state index in [-0.39, 0.29) is 18.3 Å². The first kappa shape index (κ1) is 30.6. The van der Waals surface area contributed by atoms with Gasteiger partial charge in [0.2, 0.25) is 0 Å². The van der Waals surface area contributed by atoms with Crippen LogP contribution in [0.15, 0.2) is 87.8 Å². The van der Waals surface area contributed by atoms with E-state index in [1.54, 1.807) is 30.5 Å². The van der Waals surface area contributed by atoms with E-state index >= 15 is 0 Å². The van der Waals surface area contributed by atoms with Gasteiger partial charge in [-0.05, 0) is 75.2 Å². The predicted molar refractivity (Wildman–Crippen MR) is 170 cm³/mol. The smallest absolute Gasteiger partial charge is 0.338 e. The highest BCUT2D eigenvalue weighted by Gasteiger charge is 2.35. The number of carbonyl (C=O) groups is 1. The van der Waals surface area contributed by atoms with Crippen molar-refractivity contribution in [3.05, 3.63) is 124 Å². The summed E-state index contributed by atoms with van der Waals surface area (Å²) in [7, 11) is 0. The maximum absolute atomic E-state index is 14.0. The first-order valence-corrected chi connectivity index (χ1v) is 15.4. The van der Waals surface area contributed by atoms with Crippen LogP contribution < -0.4 is 24.4 Å². The number of rotatable bonds is 9. The van der Waals surface area contributed by atoms with Crippen molar-refractivity contribution in [1.82, 2.24) is 4.57 Å². The molecule has 0 fully saturated rings. The molecule has 10 heteroatoms. The van der Waals surface area contributed by atoms with E-state index < -0.39 is 12.0 Å². The zero-order chi connectivity index (χ0) is 30.7. The maximum atomic E-state index is 14.0. The molecule has 4 aromatic rings. The minimum Gasteiger partial charge on any atom is -0.491 e. The van der Waals surface area contributed by atoms with Gasteiger partial charge in [0.1, 0.15) is 24.1 Å². The van der Waals surface area contributed by atoms with Crippen LogP contribution in [0.5, 0.6) is 11.5 Å². The van der Waals surface area contributed by atoms with E-state index in [2.05, 4.69) is 4.99 Å². The van der Waals surface area contributed by atoms with E-state index in [0.29, 0.717) is 54.3 Å². The van der Waals surface area contributed by atoms with Crippen molar-refractivity contribution in [2.24, 2.45) is 4.99 Å². The molecule has 0 spiro atoms. The Bertz CT molecular complexity index is 1880. The van der Waals surface area contributed by atoms with Crippen LogP contribution >= 0.6 is 34.5 Å². The second kappa shape index (κ2) is 13.2. The lowest BCUT2D eigenvalue weighted by atomic mass is 9.95. The zero-order valence-electron chi connectivity index (χ0n) is 24.1. The summed E-state index contributed by atoms with van der Waals surface area (Å²) >= 11 is 13.4. The Morgan fingerprint density at radius 3 is 2.51 bits per heavy atom. The molecular formula is C33H30Cl2N2O5S. The second-order valence-electron chi connectivity index (χ2n) is 10.1. The highest BCUT2D eigenvalue weighted by molar-refractivity contribution is 7.07. The van der Waals surface area contributed by atoms with E-state index in [0.717, 1.165) is 11.1 Å². The van der Waals surface area contributed by atoms with Crippen molar-refractivity contribution in [3.63, 3.8) is 0 Å². The number of benzene rings is 3. The number of nitrogens with zero attached hydrogens (tertiary/aromatic N) is 2. The molecule has 0 bridgehead atoms. The molecule has 1 aliphatic heterocycles. The molecule has 1 atom stereocenters. The molecule has 0 saturated heterocycles. The van der Waals surface area contributed by atoms with Crippen molar-refractivity contribution in [2.75, 3.05) is 6.61 Å². The molecule has 0 N–H and O–H groups in total. The Balaban J connectivity index is 1.51. The summed E-state index contributed by atoms with van der Waals surface area (Å²) in [6, 6.07) is 19.5. The lowest BCUT2D eigenvalue weighted by Gasteiger charge is -2.26. The fraction of sp³-hybridized carbons (Fsp3) is 0.242. The number of hydrogen-bond donors (Lipinski definition) is 0. The third-order valence-electron chi connectivity index (χ3n) is 6.66. The van der Waals surface area contributed by atoms with Gasteiger partial charge in [-0.2, -0.15) is 0 Å². The molecule has 5 rings (SSSR count). The normalized spacial score (nSPS) is 14.9. The Hall–Kier alpha value is -3.85. The van der Waals surface area contributed by atoms with E-state index in [1.807, 2.05) is 74.5 Å². The fourth-order valence-corrected chi connectivity index (χ4v) is 6.13. The minimum atomic E-state index is -0.760. The first-order chi connectivity index (χ1) is 20.7. The molecule has 0 unspecified atom stereocenters. The highest BCUT2D eigenvalue weighted by Crippen LogP contribution is 2.36. The van der Waals surface area contributed by atoms with Crippen LogP contribution in [-0.2, 0) is 16.1 Å².